The molecule has 1 aliphatic carbocycles. The zero-order valence-electron chi connectivity index (χ0n) is 17.0. The Kier molecular flexibility index (Phi) is 4.99. The van der Waals surface area contributed by atoms with Crippen molar-refractivity contribution in [2.45, 2.75) is 31.7 Å². The highest BCUT2D eigenvalue weighted by Gasteiger charge is 2.29. The molecule has 0 unspecified atom stereocenters. The van der Waals surface area contributed by atoms with Crippen molar-refractivity contribution >= 4 is 22.6 Å². The van der Waals surface area contributed by atoms with E-state index in [0.29, 0.717) is 37.9 Å². The summed E-state index contributed by atoms with van der Waals surface area (Å²) in [6, 6.07) is 16.0. The van der Waals surface area contributed by atoms with Crippen LogP contribution in [0.25, 0.3) is 10.8 Å². The third kappa shape index (κ3) is 3.36. The predicted octanol–water partition coefficient (Wildman–Crippen LogP) is 3.75. The van der Waals surface area contributed by atoms with Crippen LogP contribution in [0.4, 0.5) is 0 Å². The maximum atomic E-state index is 13.2. The summed E-state index contributed by atoms with van der Waals surface area (Å²) in [4.78, 5) is 30.0. The minimum atomic E-state index is 0.0247. The van der Waals surface area contributed by atoms with E-state index in [9.17, 15) is 9.59 Å². The monoisotopic (exact) mass is 402 g/mol. The molecule has 2 aliphatic rings. The van der Waals surface area contributed by atoms with Crippen LogP contribution in [0.5, 0.6) is 0 Å². The quantitative estimate of drug-likeness (QED) is 0.670. The molecule has 0 radical (unpaired) electrons. The highest BCUT2D eigenvalue weighted by Crippen LogP contribution is 2.30. The summed E-state index contributed by atoms with van der Waals surface area (Å²) in [5.41, 5.74) is 1.41. The molecule has 2 fully saturated rings. The standard InChI is InChI=1S/C24H26N4O2/c29-23(21-11-5-7-18-6-1-4-10-20(18)21)26-14-16-27(17-15-26)24(30)22-12-13-25-28(22)19-8-2-3-9-19/h1,4-7,10-13,19H,2-3,8-9,14-17H2. The van der Waals surface area contributed by atoms with Gasteiger partial charge in [-0.3, -0.25) is 14.3 Å². The SMILES string of the molecule is O=C(c1cccc2ccccc12)N1CCN(C(=O)c2ccnn2C2CCCC2)CC1. The van der Waals surface area contributed by atoms with E-state index in [4.69, 9.17) is 0 Å². The van der Waals surface area contributed by atoms with Crippen molar-refractivity contribution in [2.75, 3.05) is 26.2 Å². The van der Waals surface area contributed by atoms with Gasteiger partial charge in [0.2, 0.25) is 0 Å². The molecular weight excluding hydrogens is 376 g/mol. The van der Waals surface area contributed by atoms with Gasteiger partial charge in [0, 0.05) is 37.9 Å². The average Bonchev–Trinajstić information content (AvgIpc) is 3.49. The first kappa shape index (κ1) is 18.9. The molecule has 2 aromatic carbocycles. The van der Waals surface area contributed by atoms with Gasteiger partial charge in [0.25, 0.3) is 11.8 Å². The van der Waals surface area contributed by atoms with Crippen LogP contribution in [0, 0.1) is 0 Å². The Labute approximate surface area is 176 Å². The topological polar surface area (TPSA) is 58.4 Å². The summed E-state index contributed by atoms with van der Waals surface area (Å²) in [6.07, 6.45) is 6.32. The molecule has 1 aliphatic heterocycles. The van der Waals surface area contributed by atoms with E-state index in [1.807, 2.05) is 63.0 Å². The van der Waals surface area contributed by atoms with Crippen molar-refractivity contribution in [2.24, 2.45) is 0 Å². The third-order valence-corrected chi connectivity index (χ3v) is 6.43. The molecule has 154 valence electrons. The van der Waals surface area contributed by atoms with Crippen molar-refractivity contribution in [3.05, 3.63) is 66.0 Å². The van der Waals surface area contributed by atoms with Crippen LogP contribution in [-0.4, -0.2) is 57.6 Å². The average molecular weight is 402 g/mol. The lowest BCUT2D eigenvalue weighted by atomic mass is 10.0. The van der Waals surface area contributed by atoms with Crippen LogP contribution in [0.2, 0.25) is 0 Å². The number of piperazine rings is 1. The molecule has 0 spiro atoms. The van der Waals surface area contributed by atoms with E-state index >= 15 is 0 Å². The van der Waals surface area contributed by atoms with E-state index in [0.717, 1.165) is 29.2 Å². The van der Waals surface area contributed by atoms with Gasteiger partial charge in [0.05, 0.1) is 6.04 Å². The van der Waals surface area contributed by atoms with Crippen LogP contribution in [0.3, 0.4) is 0 Å². The molecule has 0 bridgehead atoms. The second-order valence-electron chi connectivity index (χ2n) is 8.21. The van der Waals surface area contributed by atoms with E-state index in [1.165, 1.54) is 12.8 Å². The van der Waals surface area contributed by atoms with Gasteiger partial charge in [-0.05, 0) is 35.7 Å². The lowest BCUT2D eigenvalue weighted by molar-refractivity contribution is 0.0528. The second kappa shape index (κ2) is 7.94. The molecule has 6 nitrogen and oxygen atoms in total. The summed E-state index contributed by atoms with van der Waals surface area (Å²) >= 11 is 0. The van der Waals surface area contributed by atoms with Crippen molar-refractivity contribution < 1.29 is 9.59 Å². The fourth-order valence-corrected chi connectivity index (χ4v) is 4.78. The van der Waals surface area contributed by atoms with Crippen molar-refractivity contribution in [1.29, 1.82) is 0 Å². The number of amides is 2. The maximum Gasteiger partial charge on any atom is 0.272 e. The van der Waals surface area contributed by atoms with Crippen molar-refractivity contribution in [3.63, 3.8) is 0 Å². The van der Waals surface area contributed by atoms with Crippen LogP contribution in [0.15, 0.2) is 54.7 Å². The zero-order chi connectivity index (χ0) is 20.5. The van der Waals surface area contributed by atoms with Gasteiger partial charge in [-0.25, -0.2) is 0 Å². The fraction of sp³-hybridized carbons (Fsp3) is 0.375. The smallest absolute Gasteiger partial charge is 0.272 e. The van der Waals surface area contributed by atoms with E-state index in [2.05, 4.69) is 5.10 Å². The minimum absolute atomic E-state index is 0.0247. The molecule has 2 heterocycles. The van der Waals surface area contributed by atoms with Gasteiger partial charge < -0.3 is 9.80 Å². The molecular formula is C24H26N4O2. The van der Waals surface area contributed by atoms with E-state index in [-0.39, 0.29) is 11.8 Å². The molecule has 1 saturated heterocycles. The van der Waals surface area contributed by atoms with Crippen LogP contribution < -0.4 is 0 Å². The first-order valence-electron chi connectivity index (χ1n) is 10.8. The van der Waals surface area contributed by atoms with Crippen LogP contribution in [-0.2, 0) is 0 Å². The van der Waals surface area contributed by atoms with Crippen LogP contribution >= 0.6 is 0 Å². The zero-order valence-corrected chi connectivity index (χ0v) is 17.0. The maximum absolute atomic E-state index is 13.2. The summed E-state index contributed by atoms with van der Waals surface area (Å²) < 4.78 is 1.92. The number of hydrogen-bond donors (Lipinski definition) is 0. The Morgan fingerprint density at radius 3 is 2.23 bits per heavy atom. The number of benzene rings is 2. The summed E-state index contributed by atoms with van der Waals surface area (Å²) in [6.45, 7) is 2.19. The summed E-state index contributed by atoms with van der Waals surface area (Å²) in [7, 11) is 0. The van der Waals surface area contributed by atoms with Gasteiger partial charge in [-0.2, -0.15) is 5.10 Å². The number of rotatable bonds is 3. The first-order chi connectivity index (χ1) is 14.7. The Bertz CT molecular complexity index is 1070. The van der Waals surface area contributed by atoms with Gasteiger partial charge >= 0.3 is 0 Å². The molecule has 2 amide bonds. The normalized spacial score (nSPS) is 17.6. The molecule has 5 rings (SSSR count). The molecule has 0 N–H and O–H groups in total. The molecule has 6 heteroatoms. The second-order valence-corrected chi connectivity index (χ2v) is 8.21. The fourth-order valence-electron chi connectivity index (χ4n) is 4.78. The first-order valence-corrected chi connectivity index (χ1v) is 10.8. The molecule has 30 heavy (non-hydrogen) atoms. The van der Waals surface area contributed by atoms with Gasteiger partial charge in [0.1, 0.15) is 5.69 Å². The number of nitrogens with zero attached hydrogens (tertiary/aromatic N) is 4. The van der Waals surface area contributed by atoms with Gasteiger partial charge in [-0.1, -0.05) is 49.2 Å². The molecule has 3 aromatic rings. The largest absolute Gasteiger partial charge is 0.335 e. The lowest BCUT2D eigenvalue weighted by Crippen LogP contribution is -2.51. The van der Waals surface area contributed by atoms with Crippen molar-refractivity contribution in [1.82, 2.24) is 19.6 Å². The Hall–Kier alpha value is -3.15. The molecule has 1 saturated carbocycles. The van der Waals surface area contributed by atoms with Crippen molar-refractivity contribution in [3.8, 4) is 0 Å². The highest BCUT2D eigenvalue weighted by atomic mass is 16.2. The van der Waals surface area contributed by atoms with Gasteiger partial charge in [-0.15, -0.1) is 0 Å². The third-order valence-electron chi connectivity index (χ3n) is 6.43. The van der Waals surface area contributed by atoms with E-state index < -0.39 is 0 Å². The van der Waals surface area contributed by atoms with Crippen LogP contribution in [0.1, 0.15) is 52.6 Å². The molecule has 0 atom stereocenters. The minimum Gasteiger partial charge on any atom is -0.335 e. The van der Waals surface area contributed by atoms with E-state index in [1.54, 1.807) is 6.20 Å². The summed E-state index contributed by atoms with van der Waals surface area (Å²) in [5.74, 6) is 0.0616. The molecule has 1 aromatic heterocycles. The Balaban J connectivity index is 1.28. The number of aromatic nitrogens is 2. The number of carbonyl (C=O) groups excluding carboxylic acids is 2. The Morgan fingerprint density at radius 2 is 1.47 bits per heavy atom. The summed E-state index contributed by atoms with van der Waals surface area (Å²) in [5, 5.41) is 6.47. The number of hydrogen-bond acceptors (Lipinski definition) is 3. The lowest BCUT2D eigenvalue weighted by Gasteiger charge is -2.35. The number of carbonyl (C=O) groups is 2. The Morgan fingerprint density at radius 1 is 0.800 bits per heavy atom. The highest BCUT2D eigenvalue weighted by molar-refractivity contribution is 6.07. The number of fused-ring (bicyclic) bond motifs is 1. The van der Waals surface area contributed by atoms with Gasteiger partial charge in [0.15, 0.2) is 0 Å². The predicted molar refractivity (Wildman–Crippen MR) is 115 cm³/mol.